The summed E-state index contributed by atoms with van der Waals surface area (Å²) in [7, 11) is 0. The third kappa shape index (κ3) is 3.69. The molecular formula is C25H28ClN7O2. The van der Waals surface area contributed by atoms with Crippen molar-refractivity contribution in [3.05, 3.63) is 47.5 Å². The fourth-order valence-corrected chi connectivity index (χ4v) is 6.03. The first kappa shape index (κ1) is 22.5. The van der Waals surface area contributed by atoms with Crippen LogP contribution in [-0.4, -0.2) is 42.5 Å². The molecule has 5 atom stereocenters. The molecule has 4 aromatic heterocycles. The zero-order chi connectivity index (χ0) is 24.5. The van der Waals surface area contributed by atoms with Crippen LogP contribution in [0, 0.1) is 11.8 Å². The Morgan fingerprint density at radius 3 is 2.69 bits per heavy atom. The molecule has 182 valence electrons. The number of ether oxygens (including phenoxy) is 2. The van der Waals surface area contributed by atoms with Crippen molar-refractivity contribution >= 4 is 45.3 Å². The number of aryl methyl sites for hydroxylation is 1. The lowest BCUT2D eigenvalue weighted by molar-refractivity contribution is -0.165. The van der Waals surface area contributed by atoms with Gasteiger partial charge in [0.05, 0.1) is 33.6 Å². The van der Waals surface area contributed by atoms with Crippen LogP contribution < -0.4 is 11.5 Å². The third-order valence-corrected chi connectivity index (χ3v) is 7.77. The van der Waals surface area contributed by atoms with Crippen LogP contribution in [0.2, 0.25) is 5.02 Å². The first-order valence-corrected chi connectivity index (χ1v) is 12.2. The lowest BCUT2D eigenvalue weighted by atomic mass is 9.89. The van der Waals surface area contributed by atoms with Crippen LogP contribution in [0.25, 0.3) is 22.1 Å². The maximum atomic E-state index is 6.46. The molecule has 0 spiro atoms. The molecule has 1 aliphatic heterocycles. The van der Waals surface area contributed by atoms with Gasteiger partial charge in [-0.3, -0.25) is 4.98 Å². The van der Waals surface area contributed by atoms with Crippen LogP contribution in [0.15, 0.2) is 36.9 Å². The van der Waals surface area contributed by atoms with Crippen molar-refractivity contribution in [1.29, 1.82) is 0 Å². The molecule has 5 unspecified atom stereocenters. The normalized spacial score (nSPS) is 27.6. The Morgan fingerprint density at radius 1 is 1.06 bits per heavy atom. The lowest BCUT2D eigenvalue weighted by Crippen LogP contribution is -2.30. The van der Waals surface area contributed by atoms with Crippen LogP contribution in [-0.2, 0) is 15.9 Å². The van der Waals surface area contributed by atoms with Crippen LogP contribution in [0.1, 0.15) is 38.8 Å². The second kappa shape index (κ2) is 8.01. The number of nitrogens with two attached hydrogens (primary N) is 2. The predicted molar refractivity (Wildman–Crippen MR) is 135 cm³/mol. The van der Waals surface area contributed by atoms with E-state index in [0.717, 1.165) is 40.5 Å². The minimum absolute atomic E-state index is 0.0253. The number of hydrogen-bond acceptors (Lipinski definition) is 8. The predicted octanol–water partition coefficient (Wildman–Crippen LogP) is 4.15. The van der Waals surface area contributed by atoms with E-state index in [9.17, 15) is 0 Å². The van der Waals surface area contributed by atoms with Gasteiger partial charge in [-0.05, 0) is 62.3 Å². The Kier molecular flexibility index (Phi) is 5.14. The van der Waals surface area contributed by atoms with Gasteiger partial charge < -0.3 is 25.5 Å². The van der Waals surface area contributed by atoms with E-state index in [-0.39, 0.29) is 30.1 Å². The summed E-state index contributed by atoms with van der Waals surface area (Å²) in [5.74, 6) is 0.719. The highest BCUT2D eigenvalue weighted by Crippen LogP contribution is 2.52. The zero-order valence-corrected chi connectivity index (χ0v) is 20.6. The van der Waals surface area contributed by atoms with Gasteiger partial charge in [0.25, 0.3) is 0 Å². The Labute approximate surface area is 207 Å². The minimum atomic E-state index is -0.645. The molecule has 0 amide bonds. The Hall–Kier alpha value is -3.01. The van der Waals surface area contributed by atoms with Crippen molar-refractivity contribution in [1.82, 2.24) is 24.5 Å². The summed E-state index contributed by atoms with van der Waals surface area (Å²) in [5.41, 5.74) is 15.4. The maximum absolute atomic E-state index is 6.46. The van der Waals surface area contributed by atoms with Crippen molar-refractivity contribution in [3.8, 4) is 0 Å². The quantitative estimate of drug-likeness (QED) is 0.434. The standard InChI is InChI=1S/C25H28ClN7O2/c1-12-14(5-4-13-8-18-17(29-10-13)9-16(26)23(28)32-18)20-21(35-25(2,3)34-20)19(12)33-7-6-15-22(27)30-11-31-24(15)33/h6-12,14,19-21H,4-5H2,1-3H3,(H2,28,32)(H2,27,30,31). The Balaban J connectivity index is 1.30. The summed E-state index contributed by atoms with van der Waals surface area (Å²) in [5, 5.41) is 1.27. The Morgan fingerprint density at radius 2 is 1.86 bits per heavy atom. The molecule has 5 heterocycles. The highest BCUT2D eigenvalue weighted by molar-refractivity contribution is 6.33. The van der Waals surface area contributed by atoms with E-state index in [0.29, 0.717) is 16.7 Å². The SMILES string of the molecule is CC1C(CCc2cnc3cc(Cl)c(N)nc3c2)C2OC(C)(C)OC2C1n1ccc2c(N)ncnc21. The van der Waals surface area contributed by atoms with Gasteiger partial charge in [-0.2, -0.15) is 0 Å². The molecule has 1 aliphatic carbocycles. The number of nitrogens with zero attached hydrogens (tertiary/aromatic N) is 5. The molecule has 1 saturated heterocycles. The van der Waals surface area contributed by atoms with Gasteiger partial charge in [-0.15, -0.1) is 0 Å². The van der Waals surface area contributed by atoms with Gasteiger partial charge in [-0.25, -0.2) is 15.0 Å². The molecule has 4 N–H and O–H groups in total. The lowest BCUT2D eigenvalue weighted by Gasteiger charge is -2.29. The monoisotopic (exact) mass is 493 g/mol. The summed E-state index contributed by atoms with van der Waals surface area (Å²) in [6.45, 7) is 6.23. The zero-order valence-electron chi connectivity index (χ0n) is 19.9. The van der Waals surface area contributed by atoms with Crippen molar-refractivity contribution < 1.29 is 9.47 Å². The molecule has 2 fully saturated rings. The van der Waals surface area contributed by atoms with Gasteiger partial charge in [0.2, 0.25) is 0 Å². The third-order valence-electron chi connectivity index (χ3n) is 7.47. The summed E-state index contributed by atoms with van der Waals surface area (Å²) in [6.07, 6.45) is 7.09. The molecule has 0 aromatic carbocycles. The minimum Gasteiger partial charge on any atom is -0.383 e. The van der Waals surface area contributed by atoms with Crippen molar-refractivity contribution in [3.63, 3.8) is 0 Å². The average molecular weight is 494 g/mol. The van der Waals surface area contributed by atoms with Crippen molar-refractivity contribution in [2.45, 2.75) is 57.6 Å². The summed E-state index contributed by atoms with van der Waals surface area (Å²) < 4.78 is 15.1. The Bertz CT molecular complexity index is 1440. The summed E-state index contributed by atoms with van der Waals surface area (Å²) in [6, 6.07) is 5.84. The molecule has 0 radical (unpaired) electrons. The number of aromatic nitrogens is 5. The second-order valence-electron chi connectivity index (χ2n) is 10.1. The van der Waals surface area contributed by atoms with Crippen molar-refractivity contribution in [2.75, 3.05) is 11.5 Å². The van der Waals surface area contributed by atoms with Gasteiger partial charge >= 0.3 is 0 Å². The van der Waals surface area contributed by atoms with Crippen LogP contribution in [0.4, 0.5) is 11.6 Å². The van der Waals surface area contributed by atoms with E-state index in [1.165, 1.54) is 6.33 Å². The molecule has 1 saturated carbocycles. The molecular weight excluding hydrogens is 466 g/mol. The second-order valence-corrected chi connectivity index (χ2v) is 10.5. The van der Waals surface area contributed by atoms with Crippen LogP contribution in [0.5, 0.6) is 0 Å². The van der Waals surface area contributed by atoms with Gasteiger partial charge in [0.1, 0.15) is 29.7 Å². The fraction of sp³-hybridized carbons (Fsp3) is 0.440. The van der Waals surface area contributed by atoms with E-state index in [1.807, 2.05) is 38.4 Å². The largest absolute Gasteiger partial charge is 0.383 e. The number of pyridine rings is 2. The van der Waals surface area contributed by atoms with Crippen LogP contribution >= 0.6 is 11.6 Å². The van der Waals surface area contributed by atoms with Gasteiger partial charge in [0.15, 0.2) is 5.79 Å². The number of halogens is 1. The average Bonchev–Trinajstić information content (AvgIpc) is 3.43. The van der Waals surface area contributed by atoms with Crippen LogP contribution in [0.3, 0.4) is 0 Å². The molecule has 2 aliphatic rings. The smallest absolute Gasteiger partial charge is 0.163 e. The van der Waals surface area contributed by atoms with E-state index in [4.69, 9.17) is 32.5 Å². The fourth-order valence-electron chi connectivity index (χ4n) is 5.89. The topological polar surface area (TPSA) is 127 Å². The number of hydrogen-bond donors (Lipinski definition) is 2. The molecule has 9 nitrogen and oxygen atoms in total. The highest BCUT2D eigenvalue weighted by atomic mass is 35.5. The van der Waals surface area contributed by atoms with Gasteiger partial charge in [-0.1, -0.05) is 18.5 Å². The van der Waals surface area contributed by atoms with Gasteiger partial charge in [0, 0.05) is 12.4 Å². The van der Waals surface area contributed by atoms with Crippen molar-refractivity contribution in [2.24, 2.45) is 11.8 Å². The molecule has 4 aromatic rings. The highest BCUT2D eigenvalue weighted by Gasteiger charge is 2.57. The first-order chi connectivity index (χ1) is 16.7. The van der Waals surface area contributed by atoms with E-state index >= 15 is 0 Å². The maximum Gasteiger partial charge on any atom is 0.163 e. The number of nitrogen functional groups attached to an aromatic ring is 2. The first-order valence-electron chi connectivity index (χ1n) is 11.8. The van der Waals surface area contributed by atoms with E-state index in [1.54, 1.807) is 6.07 Å². The summed E-state index contributed by atoms with van der Waals surface area (Å²) in [4.78, 5) is 17.6. The number of anilines is 2. The molecule has 10 heteroatoms. The molecule has 0 bridgehead atoms. The molecule has 35 heavy (non-hydrogen) atoms. The van der Waals surface area contributed by atoms with E-state index in [2.05, 4.69) is 31.4 Å². The number of fused-ring (bicyclic) bond motifs is 3. The molecule has 6 rings (SSSR count). The number of rotatable bonds is 4. The summed E-state index contributed by atoms with van der Waals surface area (Å²) >= 11 is 6.10. The van der Waals surface area contributed by atoms with E-state index < -0.39 is 5.79 Å².